The zero-order valence-electron chi connectivity index (χ0n) is 10.7. The molecule has 0 N–H and O–H groups in total. The summed E-state index contributed by atoms with van der Waals surface area (Å²) in [6, 6.07) is 10.8. The van der Waals surface area contributed by atoms with Gasteiger partial charge in [0.1, 0.15) is 0 Å². The minimum absolute atomic E-state index is 0. The molecule has 0 spiro atoms. The molecule has 2 heteroatoms. The molecular weight excluding hydrogens is 218 g/mol. The summed E-state index contributed by atoms with van der Waals surface area (Å²) < 4.78 is 1.20. The van der Waals surface area contributed by atoms with Crippen molar-refractivity contribution in [2.45, 2.75) is 26.7 Å². The first-order valence-electron chi connectivity index (χ1n) is 6.07. The van der Waals surface area contributed by atoms with Crippen LogP contribution in [0.1, 0.15) is 25.8 Å². The molecule has 1 rings (SSSR count). The fourth-order valence-electron chi connectivity index (χ4n) is 1.85. The van der Waals surface area contributed by atoms with Crippen LogP contribution in [0.4, 0.5) is 0 Å². The third-order valence-corrected chi connectivity index (χ3v) is 3.53. The molecule has 0 unspecified atom stereocenters. The molecule has 0 fully saturated rings. The third-order valence-electron chi connectivity index (χ3n) is 3.53. The van der Waals surface area contributed by atoms with Crippen LogP contribution in [0.15, 0.2) is 30.3 Å². The second-order valence-corrected chi connectivity index (χ2v) is 4.56. The van der Waals surface area contributed by atoms with Gasteiger partial charge < -0.3 is 16.9 Å². The van der Waals surface area contributed by atoms with Gasteiger partial charge in [-0.15, -0.1) is 0 Å². The lowest BCUT2D eigenvalue weighted by atomic mass is 10.1. The number of quaternary nitrogens is 1. The Morgan fingerprint density at radius 3 is 2.06 bits per heavy atom. The zero-order valence-corrected chi connectivity index (χ0v) is 11.5. The van der Waals surface area contributed by atoms with Crippen molar-refractivity contribution in [2.24, 2.45) is 0 Å². The highest BCUT2D eigenvalue weighted by Crippen LogP contribution is 2.07. The van der Waals surface area contributed by atoms with Gasteiger partial charge in [0.15, 0.2) is 0 Å². The summed E-state index contributed by atoms with van der Waals surface area (Å²) in [5.74, 6) is 0. The van der Waals surface area contributed by atoms with Gasteiger partial charge in [0.25, 0.3) is 0 Å². The lowest BCUT2D eigenvalue weighted by molar-refractivity contribution is -0.906. The monoisotopic (exact) mass is 241 g/mol. The second kappa shape index (κ2) is 7.70. The molecule has 0 aliphatic heterocycles. The van der Waals surface area contributed by atoms with Crippen molar-refractivity contribution in [3.8, 4) is 0 Å². The molecule has 0 amide bonds. The van der Waals surface area contributed by atoms with Gasteiger partial charge in [-0.3, -0.25) is 0 Å². The molecule has 1 aromatic carbocycles. The van der Waals surface area contributed by atoms with Crippen molar-refractivity contribution >= 4 is 0 Å². The second-order valence-electron chi connectivity index (χ2n) is 4.56. The highest BCUT2D eigenvalue weighted by molar-refractivity contribution is 5.14. The smallest absolute Gasteiger partial charge is 0.0787 e. The van der Waals surface area contributed by atoms with E-state index in [0.29, 0.717) is 0 Å². The molecule has 0 aliphatic carbocycles. The van der Waals surface area contributed by atoms with Gasteiger partial charge in [-0.1, -0.05) is 30.3 Å². The van der Waals surface area contributed by atoms with E-state index in [0.717, 1.165) is 0 Å². The lowest BCUT2D eigenvalue weighted by Gasteiger charge is -2.32. The van der Waals surface area contributed by atoms with E-state index < -0.39 is 0 Å². The summed E-state index contributed by atoms with van der Waals surface area (Å²) >= 11 is 0. The van der Waals surface area contributed by atoms with Gasteiger partial charge in [0.2, 0.25) is 0 Å². The topological polar surface area (TPSA) is 0 Å². The molecule has 16 heavy (non-hydrogen) atoms. The van der Waals surface area contributed by atoms with Gasteiger partial charge in [0.05, 0.1) is 26.7 Å². The fourth-order valence-corrected chi connectivity index (χ4v) is 1.85. The zero-order chi connectivity index (χ0) is 11.1. The Morgan fingerprint density at radius 1 is 1.00 bits per heavy atom. The van der Waals surface area contributed by atoms with Crippen LogP contribution in [0.5, 0.6) is 0 Å². The number of halogens is 1. The maximum atomic E-state index is 2.35. The Morgan fingerprint density at radius 2 is 1.56 bits per heavy atom. The van der Waals surface area contributed by atoms with Crippen LogP contribution in [-0.4, -0.2) is 31.2 Å². The van der Waals surface area contributed by atoms with Crippen molar-refractivity contribution in [3.63, 3.8) is 0 Å². The molecule has 0 atom stereocenters. The first-order chi connectivity index (χ1) is 7.20. The van der Waals surface area contributed by atoms with E-state index >= 15 is 0 Å². The average molecular weight is 242 g/mol. The quantitative estimate of drug-likeness (QED) is 0.621. The predicted molar refractivity (Wildman–Crippen MR) is 66.9 cm³/mol. The SMILES string of the molecule is CC[N+](C)(CC)CCCc1ccccc1.[Cl-]. The average Bonchev–Trinajstić information content (AvgIpc) is 2.30. The Balaban J connectivity index is 0.00000225. The number of benzene rings is 1. The Labute approximate surface area is 106 Å². The molecule has 0 bridgehead atoms. The van der Waals surface area contributed by atoms with Gasteiger partial charge in [0, 0.05) is 6.42 Å². The molecular formula is C14H24ClN. The summed E-state index contributed by atoms with van der Waals surface area (Å²) in [5.41, 5.74) is 1.47. The first-order valence-corrected chi connectivity index (χ1v) is 6.07. The van der Waals surface area contributed by atoms with E-state index in [1.165, 1.54) is 42.5 Å². The van der Waals surface area contributed by atoms with Crippen LogP contribution < -0.4 is 12.4 Å². The molecule has 0 heterocycles. The Hall–Kier alpha value is -0.530. The number of hydrogen-bond acceptors (Lipinski definition) is 0. The van der Waals surface area contributed by atoms with Gasteiger partial charge in [-0.05, 0) is 25.8 Å². The van der Waals surface area contributed by atoms with Crippen LogP contribution in [0, 0.1) is 0 Å². The van der Waals surface area contributed by atoms with Crippen LogP contribution in [0.3, 0.4) is 0 Å². The molecule has 0 aromatic heterocycles. The van der Waals surface area contributed by atoms with Crippen LogP contribution >= 0.6 is 0 Å². The van der Waals surface area contributed by atoms with E-state index in [9.17, 15) is 0 Å². The van der Waals surface area contributed by atoms with Crippen molar-refractivity contribution in [1.29, 1.82) is 0 Å². The summed E-state index contributed by atoms with van der Waals surface area (Å²) in [7, 11) is 2.35. The van der Waals surface area contributed by atoms with Crippen molar-refractivity contribution < 1.29 is 16.9 Å². The molecule has 0 radical (unpaired) electrons. The summed E-state index contributed by atoms with van der Waals surface area (Å²) in [5, 5.41) is 0. The van der Waals surface area contributed by atoms with Crippen LogP contribution in [0.2, 0.25) is 0 Å². The highest BCUT2D eigenvalue weighted by atomic mass is 35.5. The number of aryl methyl sites for hydroxylation is 1. The highest BCUT2D eigenvalue weighted by Gasteiger charge is 2.14. The maximum absolute atomic E-state index is 2.35. The molecule has 1 nitrogen and oxygen atoms in total. The molecule has 0 aliphatic rings. The van der Waals surface area contributed by atoms with Gasteiger partial charge >= 0.3 is 0 Å². The van der Waals surface area contributed by atoms with Gasteiger partial charge in [-0.2, -0.15) is 0 Å². The minimum Gasteiger partial charge on any atom is -1.00 e. The minimum atomic E-state index is 0. The molecule has 1 aromatic rings. The first kappa shape index (κ1) is 15.5. The summed E-state index contributed by atoms with van der Waals surface area (Å²) in [6.07, 6.45) is 2.51. The summed E-state index contributed by atoms with van der Waals surface area (Å²) in [4.78, 5) is 0. The molecule has 92 valence electrons. The van der Waals surface area contributed by atoms with E-state index in [4.69, 9.17) is 0 Å². The largest absolute Gasteiger partial charge is 1.00 e. The number of nitrogens with zero attached hydrogens (tertiary/aromatic N) is 1. The Bertz CT molecular complexity index is 267. The van der Waals surface area contributed by atoms with E-state index in [-0.39, 0.29) is 12.4 Å². The Kier molecular flexibility index (Phi) is 7.44. The van der Waals surface area contributed by atoms with E-state index in [2.05, 4.69) is 51.2 Å². The number of rotatable bonds is 6. The van der Waals surface area contributed by atoms with Gasteiger partial charge in [-0.25, -0.2) is 0 Å². The normalized spacial score (nSPS) is 10.9. The third kappa shape index (κ3) is 5.00. The lowest BCUT2D eigenvalue weighted by Crippen LogP contribution is -3.00. The van der Waals surface area contributed by atoms with E-state index in [1.54, 1.807) is 0 Å². The fraction of sp³-hybridized carbons (Fsp3) is 0.571. The molecule has 0 saturated heterocycles. The van der Waals surface area contributed by atoms with Crippen molar-refractivity contribution in [2.75, 3.05) is 26.7 Å². The molecule has 0 saturated carbocycles. The van der Waals surface area contributed by atoms with Crippen molar-refractivity contribution in [3.05, 3.63) is 35.9 Å². The maximum Gasteiger partial charge on any atom is 0.0787 e. The predicted octanol–water partition coefficient (Wildman–Crippen LogP) is 0.110. The van der Waals surface area contributed by atoms with Crippen molar-refractivity contribution in [1.82, 2.24) is 0 Å². The standard InChI is InChI=1S/C14H24N.ClH/c1-4-15(3,5-2)13-9-12-14-10-7-6-8-11-14;/h6-8,10-11H,4-5,9,12-13H2,1-3H3;1H/q+1;/p-1. The van der Waals surface area contributed by atoms with E-state index in [1.807, 2.05) is 0 Å². The van der Waals surface area contributed by atoms with Crippen LogP contribution in [0.25, 0.3) is 0 Å². The number of hydrogen-bond donors (Lipinski definition) is 0. The summed E-state index contributed by atoms with van der Waals surface area (Å²) in [6.45, 7) is 8.34. The van der Waals surface area contributed by atoms with Crippen LogP contribution in [-0.2, 0) is 6.42 Å².